The van der Waals surface area contributed by atoms with E-state index in [1.807, 2.05) is 13.0 Å². The molecule has 2 aromatic rings. The molecule has 3 N–H and O–H groups in total. The second-order valence-corrected chi connectivity index (χ2v) is 4.01. The van der Waals surface area contributed by atoms with Crippen molar-refractivity contribution >= 4 is 11.8 Å². The molecule has 1 aromatic carbocycles. The minimum Gasteiger partial charge on any atom is -0.380 e. The first-order valence-corrected chi connectivity index (χ1v) is 5.75. The van der Waals surface area contributed by atoms with Gasteiger partial charge in [0, 0.05) is 17.7 Å². The molecule has 0 atom stereocenters. The minimum atomic E-state index is -0.533. The number of amidine groups is 1. The summed E-state index contributed by atoms with van der Waals surface area (Å²) in [6.45, 7) is 1.90. The van der Waals surface area contributed by atoms with Gasteiger partial charge in [-0.25, -0.2) is 9.78 Å². The van der Waals surface area contributed by atoms with E-state index in [0.717, 1.165) is 5.56 Å². The van der Waals surface area contributed by atoms with Crippen LogP contribution in [0.25, 0.3) is 0 Å². The van der Waals surface area contributed by atoms with E-state index in [1.165, 1.54) is 0 Å². The summed E-state index contributed by atoms with van der Waals surface area (Å²) in [5.41, 5.74) is 7.81. The predicted octanol–water partition coefficient (Wildman–Crippen LogP) is 1.29. The highest BCUT2D eigenvalue weighted by Gasteiger charge is 2.08. The number of oxime groups is 1. The number of H-pyrrole nitrogens is 1. The Morgan fingerprint density at radius 1 is 1.21 bits per heavy atom. The standard InChI is InChI=1S/C14H13N3O2/c1-10-3-2-4-12(9-10)14(18)19-17-13(15)11-5-7-16-8-6-11/h2-9H,1H3,(H2,15,17)/p+1. The fourth-order valence-electron chi connectivity index (χ4n) is 1.53. The van der Waals surface area contributed by atoms with Crippen molar-refractivity contribution in [1.82, 2.24) is 0 Å². The molecule has 0 radical (unpaired) electrons. The summed E-state index contributed by atoms with van der Waals surface area (Å²) in [4.78, 5) is 19.4. The molecule has 5 heteroatoms. The van der Waals surface area contributed by atoms with Crippen molar-refractivity contribution in [3.05, 3.63) is 65.5 Å². The van der Waals surface area contributed by atoms with Gasteiger partial charge in [-0.15, -0.1) is 0 Å². The van der Waals surface area contributed by atoms with Gasteiger partial charge < -0.3 is 10.6 Å². The van der Waals surface area contributed by atoms with Gasteiger partial charge in [0.05, 0.1) is 5.56 Å². The second kappa shape index (κ2) is 5.77. The maximum atomic E-state index is 11.7. The van der Waals surface area contributed by atoms with Crippen molar-refractivity contribution < 1.29 is 14.6 Å². The Bertz CT molecular complexity index is 609. The molecule has 1 aromatic heterocycles. The van der Waals surface area contributed by atoms with Crippen molar-refractivity contribution in [2.45, 2.75) is 6.92 Å². The highest BCUT2D eigenvalue weighted by Crippen LogP contribution is 2.06. The molecule has 0 aliphatic heterocycles. The number of pyridine rings is 1. The summed E-state index contributed by atoms with van der Waals surface area (Å²) in [6.07, 6.45) is 3.42. The normalized spacial score (nSPS) is 11.1. The lowest BCUT2D eigenvalue weighted by Crippen LogP contribution is -2.16. The third-order valence-corrected chi connectivity index (χ3v) is 2.49. The van der Waals surface area contributed by atoms with Crippen LogP contribution in [0.1, 0.15) is 21.5 Å². The van der Waals surface area contributed by atoms with Gasteiger partial charge in [0.2, 0.25) is 0 Å². The average molecular weight is 256 g/mol. The number of hydrogen-bond donors (Lipinski definition) is 1. The number of aromatic nitrogens is 1. The molecule has 5 nitrogen and oxygen atoms in total. The van der Waals surface area contributed by atoms with Crippen LogP contribution in [0.15, 0.2) is 53.9 Å². The quantitative estimate of drug-likeness (QED) is 0.389. The van der Waals surface area contributed by atoms with Crippen LogP contribution in [0.4, 0.5) is 0 Å². The molecule has 0 unspecified atom stereocenters. The molecule has 19 heavy (non-hydrogen) atoms. The molecule has 96 valence electrons. The van der Waals surface area contributed by atoms with Gasteiger partial charge in [-0.2, -0.15) is 0 Å². The highest BCUT2D eigenvalue weighted by molar-refractivity contribution is 5.97. The van der Waals surface area contributed by atoms with Crippen LogP contribution in [0.5, 0.6) is 0 Å². The molecule has 0 saturated carbocycles. The van der Waals surface area contributed by atoms with E-state index < -0.39 is 5.97 Å². The van der Waals surface area contributed by atoms with Gasteiger partial charge in [0.1, 0.15) is 0 Å². The highest BCUT2D eigenvalue weighted by atomic mass is 16.7. The zero-order valence-electron chi connectivity index (χ0n) is 10.5. The Hall–Kier alpha value is -2.69. The Morgan fingerprint density at radius 3 is 2.63 bits per heavy atom. The van der Waals surface area contributed by atoms with Crippen LogP contribution >= 0.6 is 0 Å². The summed E-state index contributed by atoms with van der Waals surface area (Å²) >= 11 is 0. The zero-order valence-corrected chi connectivity index (χ0v) is 10.5. The monoisotopic (exact) mass is 256 g/mol. The Balaban J connectivity index is 2.08. The number of benzene rings is 1. The largest absolute Gasteiger partial charge is 0.380 e. The number of hydrogen-bond acceptors (Lipinski definition) is 3. The average Bonchev–Trinajstić information content (AvgIpc) is 2.45. The van der Waals surface area contributed by atoms with Crippen molar-refractivity contribution in [2.24, 2.45) is 10.9 Å². The summed E-state index contributed by atoms with van der Waals surface area (Å²) in [5, 5.41) is 3.63. The van der Waals surface area contributed by atoms with Crippen molar-refractivity contribution in [1.29, 1.82) is 0 Å². The predicted molar refractivity (Wildman–Crippen MR) is 70.3 cm³/mol. The molecular weight excluding hydrogens is 242 g/mol. The van der Waals surface area contributed by atoms with Gasteiger partial charge in [0.15, 0.2) is 18.2 Å². The third kappa shape index (κ3) is 3.38. The third-order valence-electron chi connectivity index (χ3n) is 2.49. The first-order valence-electron chi connectivity index (χ1n) is 5.75. The summed E-state index contributed by atoms with van der Waals surface area (Å²) < 4.78 is 0. The van der Waals surface area contributed by atoms with E-state index >= 15 is 0 Å². The number of carbonyl (C=O) groups excluding carboxylic acids is 1. The molecule has 0 fully saturated rings. The summed E-state index contributed by atoms with van der Waals surface area (Å²) in [7, 11) is 0. The van der Waals surface area contributed by atoms with E-state index in [4.69, 9.17) is 10.6 Å². The van der Waals surface area contributed by atoms with Crippen molar-refractivity contribution in [3.8, 4) is 0 Å². The number of aryl methyl sites for hydroxylation is 1. The van der Waals surface area contributed by atoms with E-state index in [9.17, 15) is 4.79 Å². The molecule has 0 amide bonds. The van der Waals surface area contributed by atoms with Gasteiger partial charge in [-0.1, -0.05) is 22.9 Å². The zero-order chi connectivity index (χ0) is 13.7. The van der Waals surface area contributed by atoms with Gasteiger partial charge >= 0.3 is 5.97 Å². The minimum absolute atomic E-state index is 0.148. The number of nitrogens with zero attached hydrogens (tertiary/aromatic N) is 1. The van der Waals surface area contributed by atoms with E-state index in [-0.39, 0.29) is 5.84 Å². The Morgan fingerprint density at radius 2 is 1.95 bits per heavy atom. The lowest BCUT2D eigenvalue weighted by molar-refractivity contribution is -0.378. The Kier molecular flexibility index (Phi) is 3.87. The molecule has 0 bridgehead atoms. The maximum absolute atomic E-state index is 11.7. The first-order chi connectivity index (χ1) is 9.16. The lowest BCUT2D eigenvalue weighted by atomic mass is 10.1. The molecule has 0 saturated heterocycles. The van der Waals surface area contributed by atoms with Crippen LogP contribution < -0.4 is 10.7 Å². The fourth-order valence-corrected chi connectivity index (χ4v) is 1.53. The molecule has 1 heterocycles. The van der Waals surface area contributed by atoms with Crippen LogP contribution in [-0.4, -0.2) is 11.8 Å². The SMILES string of the molecule is Cc1cccc(C(=O)ON=C(N)c2cc[nH+]cc2)c1. The second-order valence-electron chi connectivity index (χ2n) is 4.01. The molecule has 0 aliphatic rings. The van der Waals surface area contributed by atoms with E-state index in [2.05, 4.69) is 10.1 Å². The molecule has 2 rings (SSSR count). The van der Waals surface area contributed by atoms with E-state index in [0.29, 0.717) is 11.1 Å². The number of rotatable bonds is 3. The van der Waals surface area contributed by atoms with Crippen LogP contribution in [-0.2, 0) is 4.84 Å². The lowest BCUT2D eigenvalue weighted by Gasteiger charge is -2.01. The van der Waals surface area contributed by atoms with Crippen LogP contribution in [0.3, 0.4) is 0 Å². The Labute approximate surface area is 110 Å². The van der Waals surface area contributed by atoms with Gasteiger partial charge in [0.25, 0.3) is 0 Å². The number of nitrogens with two attached hydrogens (primary N) is 1. The smallest absolute Gasteiger partial charge is 0.365 e. The fraction of sp³-hybridized carbons (Fsp3) is 0.0714. The topological polar surface area (TPSA) is 78.8 Å². The van der Waals surface area contributed by atoms with Crippen LogP contribution in [0, 0.1) is 6.92 Å². The molecule has 0 spiro atoms. The summed E-state index contributed by atoms with van der Waals surface area (Å²) in [6, 6.07) is 10.5. The molecule has 0 aliphatic carbocycles. The number of nitrogens with one attached hydrogen (secondary N) is 1. The number of carbonyl (C=O) groups is 1. The van der Waals surface area contributed by atoms with E-state index in [1.54, 1.807) is 42.7 Å². The van der Waals surface area contributed by atoms with Crippen LogP contribution in [0.2, 0.25) is 0 Å². The first kappa shape index (κ1) is 12.8. The van der Waals surface area contributed by atoms with Crippen molar-refractivity contribution in [2.75, 3.05) is 0 Å². The van der Waals surface area contributed by atoms with Gasteiger partial charge in [-0.05, 0) is 19.1 Å². The van der Waals surface area contributed by atoms with Gasteiger partial charge in [-0.3, -0.25) is 0 Å². The van der Waals surface area contributed by atoms with Crippen molar-refractivity contribution in [3.63, 3.8) is 0 Å². The maximum Gasteiger partial charge on any atom is 0.365 e. The molecular formula is C14H14N3O2+. The summed E-state index contributed by atoms with van der Waals surface area (Å²) in [5.74, 6) is -0.385. The number of aromatic amines is 1.